The Morgan fingerprint density at radius 1 is 1.03 bits per heavy atom. The summed E-state index contributed by atoms with van der Waals surface area (Å²) in [4.78, 5) is 31.2. The van der Waals surface area contributed by atoms with Gasteiger partial charge in [0.05, 0.1) is 22.6 Å². The van der Waals surface area contributed by atoms with Crippen molar-refractivity contribution in [3.05, 3.63) is 94.5 Å². The van der Waals surface area contributed by atoms with Crippen molar-refractivity contribution < 1.29 is 22.8 Å². The fraction of sp³-hybridized carbons (Fsp3) is 0.125. The minimum atomic E-state index is -4.63. The molecule has 1 N–H and O–H groups in total. The number of nitrogens with one attached hydrogen (secondary N) is 1. The predicted molar refractivity (Wildman–Crippen MR) is 121 cm³/mol. The first-order valence-corrected chi connectivity index (χ1v) is 10.3. The Balaban J connectivity index is 1.66. The lowest BCUT2D eigenvalue weighted by Gasteiger charge is -2.23. The topological polar surface area (TPSA) is 61.8 Å². The number of carbonyl (C=O) groups excluding carboxylic acids is 2. The number of anilines is 2. The summed E-state index contributed by atoms with van der Waals surface area (Å²) >= 11 is 6.20. The molecule has 0 spiro atoms. The van der Waals surface area contributed by atoms with Gasteiger partial charge in [-0.1, -0.05) is 54.1 Å². The lowest BCUT2D eigenvalue weighted by atomic mass is 10.00. The number of carbonyl (C=O) groups is 2. The summed E-state index contributed by atoms with van der Waals surface area (Å²) in [7, 11) is 0. The van der Waals surface area contributed by atoms with Crippen LogP contribution in [-0.4, -0.2) is 30.6 Å². The van der Waals surface area contributed by atoms with E-state index in [1.54, 1.807) is 18.2 Å². The van der Waals surface area contributed by atoms with Gasteiger partial charge in [-0.3, -0.25) is 14.6 Å². The number of para-hydroxylation sites is 1. The largest absolute Gasteiger partial charge is 0.418 e. The molecule has 0 saturated carbocycles. The van der Waals surface area contributed by atoms with E-state index in [0.717, 1.165) is 17.7 Å². The van der Waals surface area contributed by atoms with Gasteiger partial charge in [0, 0.05) is 16.1 Å². The van der Waals surface area contributed by atoms with E-state index in [9.17, 15) is 22.8 Å². The molecule has 33 heavy (non-hydrogen) atoms. The van der Waals surface area contributed by atoms with Crippen molar-refractivity contribution in [3.63, 3.8) is 0 Å². The number of fused-ring (bicyclic) bond motifs is 1. The Bertz CT molecular complexity index is 1240. The second-order valence-corrected chi connectivity index (χ2v) is 7.70. The Kier molecular flexibility index (Phi) is 6.20. The summed E-state index contributed by atoms with van der Waals surface area (Å²) in [6.45, 7) is -0.722. The van der Waals surface area contributed by atoms with Gasteiger partial charge in [0.25, 0.3) is 0 Å². The van der Waals surface area contributed by atoms with Gasteiger partial charge in [-0.05, 0) is 30.3 Å². The molecule has 168 valence electrons. The summed E-state index contributed by atoms with van der Waals surface area (Å²) in [6, 6.07) is 18.7. The highest BCUT2D eigenvalue weighted by Crippen LogP contribution is 2.35. The molecule has 1 heterocycles. The van der Waals surface area contributed by atoms with Crippen molar-refractivity contribution in [2.24, 2.45) is 4.99 Å². The molecule has 9 heteroatoms. The highest BCUT2D eigenvalue weighted by molar-refractivity contribution is 6.32. The highest BCUT2D eigenvalue weighted by Gasteiger charge is 2.34. The Morgan fingerprint density at radius 2 is 1.73 bits per heavy atom. The molecule has 3 aromatic rings. The first-order valence-electron chi connectivity index (χ1n) is 9.90. The Hall–Kier alpha value is -3.65. The average molecular weight is 472 g/mol. The molecule has 4 rings (SSSR count). The van der Waals surface area contributed by atoms with E-state index in [2.05, 4.69) is 10.3 Å². The first kappa shape index (κ1) is 22.5. The fourth-order valence-corrected chi connectivity index (χ4v) is 3.75. The van der Waals surface area contributed by atoms with Crippen LogP contribution < -0.4 is 10.2 Å². The third kappa shape index (κ3) is 4.90. The van der Waals surface area contributed by atoms with Gasteiger partial charge in [0.2, 0.25) is 11.8 Å². The third-order valence-electron chi connectivity index (χ3n) is 5.03. The van der Waals surface area contributed by atoms with Crippen LogP contribution in [0.3, 0.4) is 0 Å². The normalized spacial score (nSPS) is 13.8. The summed E-state index contributed by atoms with van der Waals surface area (Å²) < 4.78 is 39.8. The molecule has 5 nitrogen and oxygen atoms in total. The van der Waals surface area contributed by atoms with Gasteiger partial charge in [-0.2, -0.15) is 13.2 Å². The quantitative estimate of drug-likeness (QED) is 0.570. The molecule has 0 fully saturated rings. The number of halogens is 4. The molecule has 1 aliphatic rings. The zero-order chi connectivity index (χ0) is 23.6. The van der Waals surface area contributed by atoms with Gasteiger partial charge in [-0.25, -0.2) is 0 Å². The van der Waals surface area contributed by atoms with Crippen LogP contribution in [0.25, 0.3) is 0 Å². The number of nitrogens with zero attached hydrogens (tertiary/aromatic N) is 2. The number of hydrogen-bond donors (Lipinski definition) is 1. The van der Waals surface area contributed by atoms with Crippen LogP contribution in [0, 0.1) is 0 Å². The molecule has 1 aliphatic heterocycles. The molecule has 0 saturated heterocycles. The summed E-state index contributed by atoms with van der Waals surface area (Å²) in [5.41, 5.74) is 0.884. The second kappa shape index (κ2) is 9.07. The van der Waals surface area contributed by atoms with E-state index in [1.807, 2.05) is 30.3 Å². The summed E-state index contributed by atoms with van der Waals surface area (Å²) in [5.74, 6) is -1.24. The van der Waals surface area contributed by atoms with Crippen LogP contribution in [0.4, 0.5) is 24.5 Å². The van der Waals surface area contributed by atoms with Crippen molar-refractivity contribution in [1.29, 1.82) is 0 Å². The van der Waals surface area contributed by atoms with Crippen LogP contribution in [0.2, 0.25) is 5.02 Å². The van der Waals surface area contributed by atoms with Crippen LogP contribution in [0.15, 0.2) is 77.8 Å². The molecule has 0 bridgehead atoms. The maximum Gasteiger partial charge on any atom is 0.418 e. The molecule has 2 amide bonds. The minimum Gasteiger partial charge on any atom is -0.324 e. The standard InChI is InChI=1S/C24H17ClF3N3O2/c25-16-10-11-20-17(12-16)23(15-6-2-1-3-7-15)29-13-22(33)31(20)14-21(32)30-19-9-5-4-8-18(19)24(26,27)28/h1-12H,13-14H2,(H,30,32). The monoisotopic (exact) mass is 471 g/mol. The fourth-order valence-electron chi connectivity index (χ4n) is 3.57. The maximum atomic E-state index is 13.3. The second-order valence-electron chi connectivity index (χ2n) is 7.26. The van der Waals surface area contributed by atoms with Gasteiger partial charge in [0.15, 0.2) is 0 Å². The number of benzodiazepines with no additional fused rings is 1. The maximum absolute atomic E-state index is 13.3. The molecule has 0 radical (unpaired) electrons. The Morgan fingerprint density at radius 3 is 2.45 bits per heavy atom. The third-order valence-corrected chi connectivity index (χ3v) is 5.27. The van der Waals surface area contributed by atoms with E-state index < -0.39 is 30.1 Å². The predicted octanol–water partition coefficient (Wildman–Crippen LogP) is 5.18. The molecule has 3 aromatic carbocycles. The van der Waals surface area contributed by atoms with Gasteiger partial charge in [-0.15, -0.1) is 0 Å². The number of alkyl halides is 3. The molecular formula is C24H17ClF3N3O2. The van der Waals surface area contributed by atoms with Gasteiger partial charge in [0.1, 0.15) is 13.1 Å². The smallest absolute Gasteiger partial charge is 0.324 e. The van der Waals surface area contributed by atoms with Gasteiger partial charge < -0.3 is 10.2 Å². The van der Waals surface area contributed by atoms with Crippen molar-refractivity contribution in [2.45, 2.75) is 6.18 Å². The molecule has 0 atom stereocenters. The zero-order valence-electron chi connectivity index (χ0n) is 17.1. The van der Waals surface area contributed by atoms with Crippen molar-refractivity contribution in [3.8, 4) is 0 Å². The van der Waals surface area contributed by atoms with Crippen LogP contribution >= 0.6 is 11.6 Å². The number of rotatable bonds is 4. The van der Waals surface area contributed by atoms with Crippen LogP contribution in [0.1, 0.15) is 16.7 Å². The zero-order valence-corrected chi connectivity index (χ0v) is 17.8. The molecule has 0 aromatic heterocycles. The van der Waals surface area contributed by atoms with Crippen molar-refractivity contribution in [1.82, 2.24) is 0 Å². The number of benzene rings is 3. The van der Waals surface area contributed by atoms with Crippen LogP contribution in [0.5, 0.6) is 0 Å². The van der Waals surface area contributed by atoms with Crippen molar-refractivity contribution in [2.75, 3.05) is 23.3 Å². The van der Waals surface area contributed by atoms with E-state index >= 15 is 0 Å². The number of aliphatic imine (C=N–C) groups is 1. The van der Waals surface area contributed by atoms with Crippen molar-refractivity contribution >= 4 is 40.5 Å². The highest BCUT2D eigenvalue weighted by atomic mass is 35.5. The number of hydrogen-bond acceptors (Lipinski definition) is 3. The summed E-state index contributed by atoms with van der Waals surface area (Å²) in [6.07, 6.45) is -4.63. The lowest BCUT2D eigenvalue weighted by Crippen LogP contribution is -2.39. The SMILES string of the molecule is O=C(CN1C(=O)CN=C(c2ccccc2)c2cc(Cl)ccc21)Nc1ccccc1C(F)(F)F. The van der Waals surface area contributed by atoms with E-state index in [-0.39, 0.29) is 12.2 Å². The van der Waals surface area contributed by atoms with Crippen LogP contribution in [-0.2, 0) is 15.8 Å². The van der Waals surface area contributed by atoms with Gasteiger partial charge >= 0.3 is 6.18 Å². The van der Waals surface area contributed by atoms with E-state index in [4.69, 9.17) is 11.6 Å². The van der Waals surface area contributed by atoms with E-state index in [0.29, 0.717) is 22.0 Å². The lowest BCUT2D eigenvalue weighted by molar-refractivity contribution is -0.137. The number of amides is 2. The molecule has 0 unspecified atom stereocenters. The Labute approximate surface area is 192 Å². The molecular weight excluding hydrogens is 455 g/mol. The average Bonchev–Trinajstić information content (AvgIpc) is 2.90. The first-order chi connectivity index (χ1) is 15.7. The minimum absolute atomic E-state index is 0.233. The summed E-state index contributed by atoms with van der Waals surface area (Å²) in [5, 5.41) is 2.69. The van der Waals surface area contributed by atoms with E-state index in [1.165, 1.54) is 17.0 Å². The molecule has 0 aliphatic carbocycles.